The summed E-state index contributed by atoms with van der Waals surface area (Å²) in [6, 6.07) is 6.43. The van der Waals surface area contributed by atoms with E-state index in [0.29, 0.717) is 6.04 Å². The van der Waals surface area contributed by atoms with Gasteiger partial charge in [-0.05, 0) is 38.0 Å². The maximum absolute atomic E-state index is 5.69. The van der Waals surface area contributed by atoms with Crippen LogP contribution >= 0.6 is 0 Å². The number of hydrogen-bond acceptors (Lipinski definition) is 4. The molecule has 0 aromatic carbocycles. The van der Waals surface area contributed by atoms with E-state index in [0.717, 1.165) is 29.8 Å². The first-order valence-corrected chi connectivity index (χ1v) is 7.07. The molecule has 0 saturated heterocycles. The number of rotatable bonds is 6. The van der Waals surface area contributed by atoms with E-state index in [9.17, 15) is 0 Å². The zero-order chi connectivity index (χ0) is 14.5. The fourth-order valence-electron chi connectivity index (χ4n) is 2.23. The van der Waals surface area contributed by atoms with Gasteiger partial charge in [0.1, 0.15) is 0 Å². The first-order chi connectivity index (χ1) is 9.65. The number of pyridine rings is 1. The molecule has 0 fully saturated rings. The fraction of sp³-hybridized carbons (Fsp3) is 0.467. The molecule has 2 aromatic heterocycles. The second-order valence-corrected chi connectivity index (χ2v) is 5.17. The second kappa shape index (κ2) is 6.63. The van der Waals surface area contributed by atoms with E-state index in [1.54, 1.807) is 6.20 Å². The van der Waals surface area contributed by atoms with Gasteiger partial charge in [0.2, 0.25) is 0 Å². The Balaban J connectivity index is 2.15. The largest absolute Gasteiger partial charge is 0.271 e. The molecule has 0 bridgehead atoms. The van der Waals surface area contributed by atoms with Crippen LogP contribution in [0.25, 0.3) is 0 Å². The monoisotopic (exact) mass is 273 g/mol. The van der Waals surface area contributed by atoms with Crippen LogP contribution in [-0.4, -0.2) is 14.8 Å². The standard InChI is InChI=1S/C15H23N5/c1-4-12(3)20-9-7-13(19-20)10-14(18-16)15-11(2)6-5-8-17-15/h5-9,12,14,18H,4,10,16H2,1-3H3. The summed E-state index contributed by atoms with van der Waals surface area (Å²) < 4.78 is 2.01. The lowest BCUT2D eigenvalue weighted by Crippen LogP contribution is -2.31. The molecule has 0 radical (unpaired) electrons. The number of hydrazine groups is 1. The van der Waals surface area contributed by atoms with Crippen LogP contribution in [0.4, 0.5) is 0 Å². The van der Waals surface area contributed by atoms with Crippen molar-refractivity contribution in [2.24, 2.45) is 5.84 Å². The summed E-state index contributed by atoms with van der Waals surface area (Å²) in [5.74, 6) is 5.69. The summed E-state index contributed by atoms with van der Waals surface area (Å²) in [5, 5.41) is 4.62. The Hall–Kier alpha value is -1.72. The van der Waals surface area contributed by atoms with Gasteiger partial charge in [-0.2, -0.15) is 5.10 Å². The molecule has 0 aliphatic heterocycles. The van der Waals surface area contributed by atoms with E-state index in [4.69, 9.17) is 5.84 Å². The summed E-state index contributed by atoms with van der Waals surface area (Å²) in [6.45, 7) is 6.37. The number of nitrogens with one attached hydrogen (secondary N) is 1. The van der Waals surface area contributed by atoms with Crippen molar-refractivity contribution >= 4 is 0 Å². The molecule has 0 spiro atoms. The quantitative estimate of drug-likeness (QED) is 0.626. The number of aromatic nitrogens is 3. The molecule has 20 heavy (non-hydrogen) atoms. The Morgan fingerprint density at radius 1 is 1.40 bits per heavy atom. The SMILES string of the molecule is CCC(C)n1ccc(CC(NN)c2ncccc2C)n1. The van der Waals surface area contributed by atoms with E-state index < -0.39 is 0 Å². The third kappa shape index (κ3) is 3.23. The molecule has 3 N–H and O–H groups in total. The minimum absolute atomic E-state index is 0.0171. The lowest BCUT2D eigenvalue weighted by Gasteiger charge is -2.16. The molecule has 0 aliphatic carbocycles. The van der Waals surface area contributed by atoms with Gasteiger partial charge in [0.05, 0.1) is 17.4 Å². The van der Waals surface area contributed by atoms with Crippen LogP contribution < -0.4 is 11.3 Å². The summed E-state index contributed by atoms with van der Waals surface area (Å²) in [6.07, 6.45) is 5.63. The van der Waals surface area contributed by atoms with Crippen molar-refractivity contribution in [2.45, 2.75) is 45.7 Å². The normalized spacial score (nSPS) is 14.2. The summed E-state index contributed by atoms with van der Waals surface area (Å²) in [7, 11) is 0. The third-order valence-corrected chi connectivity index (χ3v) is 3.70. The van der Waals surface area contributed by atoms with Gasteiger partial charge < -0.3 is 0 Å². The summed E-state index contributed by atoms with van der Waals surface area (Å²) in [4.78, 5) is 4.43. The van der Waals surface area contributed by atoms with Gasteiger partial charge in [-0.25, -0.2) is 0 Å². The molecule has 5 nitrogen and oxygen atoms in total. The van der Waals surface area contributed by atoms with E-state index in [2.05, 4.69) is 35.4 Å². The highest BCUT2D eigenvalue weighted by Gasteiger charge is 2.16. The Bertz CT molecular complexity index is 549. The van der Waals surface area contributed by atoms with E-state index in [1.165, 1.54) is 0 Å². The molecule has 2 unspecified atom stereocenters. The van der Waals surface area contributed by atoms with Crippen LogP contribution in [0.15, 0.2) is 30.6 Å². The zero-order valence-electron chi connectivity index (χ0n) is 12.4. The fourth-order valence-corrected chi connectivity index (χ4v) is 2.23. The smallest absolute Gasteiger partial charge is 0.0690 e. The Morgan fingerprint density at radius 2 is 2.20 bits per heavy atom. The maximum Gasteiger partial charge on any atom is 0.0690 e. The van der Waals surface area contributed by atoms with Gasteiger partial charge in [-0.3, -0.25) is 20.9 Å². The molecular weight excluding hydrogens is 250 g/mol. The number of aryl methyl sites for hydroxylation is 1. The lowest BCUT2D eigenvalue weighted by atomic mass is 10.0. The molecule has 0 aliphatic rings. The topological polar surface area (TPSA) is 68.8 Å². The highest BCUT2D eigenvalue weighted by Crippen LogP contribution is 2.19. The van der Waals surface area contributed by atoms with Crippen molar-refractivity contribution in [2.75, 3.05) is 0 Å². The second-order valence-electron chi connectivity index (χ2n) is 5.17. The minimum atomic E-state index is -0.0171. The Kier molecular flexibility index (Phi) is 4.87. The van der Waals surface area contributed by atoms with Crippen LogP contribution in [0.1, 0.15) is 49.3 Å². The molecule has 5 heteroatoms. The van der Waals surface area contributed by atoms with Crippen LogP contribution in [-0.2, 0) is 6.42 Å². The lowest BCUT2D eigenvalue weighted by molar-refractivity contribution is 0.465. The van der Waals surface area contributed by atoms with Gasteiger partial charge in [-0.15, -0.1) is 0 Å². The summed E-state index contributed by atoms with van der Waals surface area (Å²) in [5.41, 5.74) is 5.99. The Morgan fingerprint density at radius 3 is 2.85 bits per heavy atom. The van der Waals surface area contributed by atoms with Crippen molar-refractivity contribution in [3.63, 3.8) is 0 Å². The van der Waals surface area contributed by atoms with Gasteiger partial charge in [0.25, 0.3) is 0 Å². The minimum Gasteiger partial charge on any atom is -0.271 e. The van der Waals surface area contributed by atoms with Crippen LogP contribution in [0, 0.1) is 6.92 Å². The maximum atomic E-state index is 5.69. The molecule has 108 valence electrons. The molecular formula is C15H23N5. The Labute approximate surface area is 120 Å². The third-order valence-electron chi connectivity index (χ3n) is 3.70. The van der Waals surface area contributed by atoms with Crippen LogP contribution in [0.2, 0.25) is 0 Å². The molecule has 2 rings (SSSR count). The molecule has 2 aromatic rings. The van der Waals surface area contributed by atoms with Crippen molar-refractivity contribution in [1.29, 1.82) is 0 Å². The molecule has 0 saturated carbocycles. The number of hydrogen-bond donors (Lipinski definition) is 2. The number of nitrogens with zero attached hydrogens (tertiary/aromatic N) is 3. The first-order valence-electron chi connectivity index (χ1n) is 7.07. The van der Waals surface area contributed by atoms with Crippen molar-refractivity contribution in [3.8, 4) is 0 Å². The molecule has 0 amide bonds. The van der Waals surface area contributed by atoms with E-state index in [-0.39, 0.29) is 6.04 Å². The summed E-state index contributed by atoms with van der Waals surface area (Å²) >= 11 is 0. The van der Waals surface area contributed by atoms with Crippen molar-refractivity contribution in [3.05, 3.63) is 47.5 Å². The highest BCUT2D eigenvalue weighted by atomic mass is 15.3. The van der Waals surface area contributed by atoms with Gasteiger partial charge >= 0.3 is 0 Å². The predicted molar refractivity (Wildman–Crippen MR) is 80.0 cm³/mol. The van der Waals surface area contributed by atoms with E-state index >= 15 is 0 Å². The molecule has 2 atom stereocenters. The van der Waals surface area contributed by atoms with Crippen LogP contribution in [0.3, 0.4) is 0 Å². The van der Waals surface area contributed by atoms with E-state index in [1.807, 2.05) is 29.9 Å². The van der Waals surface area contributed by atoms with Gasteiger partial charge in [0, 0.05) is 24.9 Å². The van der Waals surface area contributed by atoms with Gasteiger partial charge in [0.15, 0.2) is 0 Å². The zero-order valence-corrected chi connectivity index (χ0v) is 12.4. The van der Waals surface area contributed by atoms with Crippen molar-refractivity contribution < 1.29 is 0 Å². The molecule has 2 heterocycles. The van der Waals surface area contributed by atoms with Crippen LogP contribution in [0.5, 0.6) is 0 Å². The predicted octanol–water partition coefficient (Wildman–Crippen LogP) is 2.30. The average molecular weight is 273 g/mol. The van der Waals surface area contributed by atoms with Gasteiger partial charge in [-0.1, -0.05) is 13.0 Å². The van der Waals surface area contributed by atoms with Crippen molar-refractivity contribution in [1.82, 2.24) is 20.2 Å². The number of nitrogens with two attached hydrogens (primary N) is 1. The highest BCUT2D eigenvalue weighted by molar-refractivity contribution is 5.22. The average Bonchev–Trinajstić information content (AvgIpc) is 2.93. The first kappa shape index (κ1) is 14.7.